The third-order valence-corrected chi connectivity index (χ3v) is 4.14. The number of rotatable bonds is 0. The molecule has 0 aromatic rings. The molecule has 0 saturated heterocycles. The second kappa shape index (κ2) is 2.96. The maximum atomic E-state index is 9.81. The monoisotopic (exact) mass is 200 g/mol. The van der Waals surface area contributed by atoms with Crippen LogP contribution in [0.4, 0.5) is 0 Å². The topological polar surface area (TPSA) is 20.2 Å². The van der Waals surface area contributed by atoms with Crippen LogP contribution in [0.5, 0.6) is 0 Å². The van der Waals surface area contributed by atoms with Crippen LogP contribution in [0.25, 0.3) is 0 Å². The molecule has 3 aliphatic carbocycles. The molecule has 0 bridgehead atoms. The van der Waals surface area contributed by atoms with Crippen LogP contribution in [-0.4, -0.2) is 11.2 Å². The maximum Gasteiger partial charge on any atom is 0.0730 e. The molecule has 0 aromatic carbocycles. The Morgan fingerprint density at radius 2 is 1.80 bits per heavy atom. The van der Waals surface area contributed by atoms with Crippen molar-refractivity contribution in [2.45, 2.75) is 25.4 Å². The second-order valence-electron chi connectivity index (χ2n) is 4.92. The molecule has 1 nitrogen and oxygen atoms in total. The summed E-state index contributed by atoms with van der Waals surface area (Å²) in [6, 6.07) is 0. The highest BCUT2D eigenvalue weighted by Gasteiger charge is 2.49. The van der Waals surface area contributed by atoms with Crippen LogP contribution in [0.1, 0.15) is 19.3 Å². The molecule has 3 unspecified atom stereocenters. The Labute approximate surface area is 90.5 Å². The SMILES string of the molecule is OC1C=CC23C=CC=CC2(CC=CC3)C1. The van der Waals surface area contributed by atoms with Crippen LogP contribution >= 0.6 is 0 Å². The van der Waals surface area contributed by atoms with Crippen LogP contribution in [0, 0.1) is 10.8 Å². The summed E-state index contributed by atoms with van der Waals surface area (Å²) in [5, 5.41) is 9.81. The lowest BCUT2D eigenvalue weighted by atomic mass is 9.52. The highest BCUT2D eigenvalue weighted by Crippen LogP contribution is 2.57. The number of aliphatic hydroxyl groups excluding tert-OH is 1. The predicted molar refractivity (Wildman–Crippen MR) is 61.3 cm³/mol. The number of allylic oxidation sites excluding steroid dienone is 7. The van der Waals surface area contributed by atoms with Crippen molar-refractivity contribution in [3.05, 3.63) is 48.6 Å². The third-order valence-electron chi connectivity index (χ3n) is 4.14. The van der Waals surface area contributed by atoms with Gasteiger partial charge in [0.1, 0.15) is 0 Å². The number of aliphatic hydroxyl groups is 1. The highest BCUT2D eigenvalue weighted by atomic mass is 16.3. The maximum absolute atomic E-state index is 9.81. The molecule has 0 spiro atoms. The molecule has 0 aromatic heterocycles. The summed E-state index contributed by atoms with van der Waals surface area (Å²) in [4.78, 5) is 0. The van der Waals surface area contributed by atoms with Gasteiger partial charge in [0.15, 0.2) is 0 Å². The van der Waals surface area contributed by atoms with Gasteiger partial charge in [0.05, 0.1) is 6.10 Å². The average Bonchev–Trinajstić information content (AvgIpc) is 2.27. The molecule has 0 saturated carbocycles. The van der Waals surface area contributed by atoms with Gasteiger partial charge < -0.3 is 5.11 Å². The van der Waals surface area contributed by atoms with Gasteiger partial charge in [-0.25, -0.2) is 0 Å². The van der Waals surface area contributed by atoms with E-state index in [4.69, 9.17) is 0 Å². The Hall–Kier alpha value is -1.08. The van der Waals surface area contributed by atoms with Crippen LogP contribution in [0.15, 0.2) is 48.6 Å². The van der Waals surface area contributed by atoms with Crippen LogP contribution in [0.2, 0.25) is 0 Å². The number of hydrogen-bond donors (Lipinski definition) is 1. The minimum Gasteiger partial charge on any atom is -0.389 e. The Morgan fingerprint density at radius 3 is 2.73 bits per heavy atom. The van der Waals surface area contributed by atoms with Gasteiger partial charge in [-0.15, -0.1) is 0 Å². The van der Waals surface area contributed by atoms with Crippen molar-refractivity contribution in [3.63, 3.8) is 0 Å². The van der Waals surface area contributed by atoms with E-state index >= 15 is 0 Å². The molecule has 78 valence electrons. The highest BCUT2D eigenvalue weighted by molar-refractivity contribution is 5.37. The van der Waals surface area contributed by atoms with Crippen molar-refractivity contribution >= 4 is 0 Å². The van der Waals surface area contributed by atoms with E-state index in [1.807, 2.05) is 6.08 Å². The molecule has 15 heavy (non-hydrogen) atoms. The van der Waals surface area contributed by atoms with Gasteiger partial charge in [0.25, 0.3) is 0 Å². The molecule has 0 amide bonds. The fourth-order valence-electron chi connectivity index (χ4n) is 3.24. The Morgan fingerprint density at radius 1 is 1.00 bits per heavy atom. The zero-order valence-corrected chi connectivity index (χ0v) is 8.76. The molecule has 0 radical (unpaired) electrons. The second-order valence-corrected chi connectivity index (χ2v) is 4.92. The van der Waals surface area contributed by atoms with Crippen molar-refractivity contribution in [2.75, 3.05) is 0 Å². The van der Waals surface area contributed by atoms with Crippen LogP contribution < -0.4 is 0 Å². The molecule has 0 heterocycles. The number of hydrogen-bond acceptors (Lipinski definition) is 1. The van der Waals surface area contributed by atoms with Crippen LogP contribution in [-0.2, 0) is 0 Å². The van der Waals surface area contributed by atoms with E-state index < -0.39 is 0 Å². The van der Waals surface area contributed by atoms with E-state index in [0.717, 1.165) is 19.3 Å². The molecule has 0 fully saturated rings. The minimum absolute atomic E-state index is 0.130. The van der Waals surface area contributed by atoms with Gasteiger partial charge in [0.2, 0.25) is 0 Å². The first-order chi connectivity index (χ1) is 7.27. The average molecular weight is 200 g/mol. The van der Waals surface area contributed by atoms with E-state index in [1.165, 1.54) is 0 Å². The lowest BCUT2D eigenvalue weighted by Gasteiger charge is -2.52. The minimum atomic E-state index is -0.277. The van der Waals surface area contributed by atoms with E-state index in [2.05, 4.69) is 42.5 Å². The molecular formula is C14H16O. The normalized spacial score (nSPS) is 46.3. The van der Waals surface area contributed by atoms with Gasteiger partial charge in [-0.2, -0.15) is 0 Å². The largest absolute Gasteiger partial charge is 0.389 e. The van der Waals surface area contributed by atoms with E-state index in [0.29, 0.717) is 0 Å². The molecule has 1 N–H and O–H groups in total. The van der Waals surface area contributed by atoms with Crippen molar-refractivity contribution in [3.8, 4) is 0 Å². The first kappa shape index (κ1) is 9.17. The Balaban J connectivity index is 2.15. The smallest absolute Gasteiger partial charge is 0.0730 e. The molecule has 3 atom stereocenters. The summed E-state index contributed by atoms with van der Waals surface area (Å²) >= 11 is 0. The van der Waals surface area contributed by atoms with Crippen molar-refractivity contribution in [1.29, 1.82) is 0 Å². The van der Waals surface area contributed by atoms with E-state index in [1.54, 1.807) is 0 Å². The fourth-order valence-corrected chi connectivity index (χ4v) is 3.24. The Kier molecular flexibility index (Phi) is 1.81. The summed E-state index contributed by atoms with van der Waals surface area (Å²) < 4.78 is 0. The van der Waals surface area contributed by atoms with Gasteiger partial charge >= 0.3 is 0 Å². The summed E-state index contributed by atoms with van der Waals surface area (Å²) in [6.45, 7) is 0. The van der Waals surface area contributed by atoms with Gasteiger partial charge in [0, 0.05) is 10.8 Å². The van der Waals surface area contributed by atoms with E-state index in [-0.39, 0.29) is 16.9 Å². The molecule has 3 rings (SSSR count). The van der Waals surface area contributed by atoms with Crippen molar-refractivity contribution in [1.82, 2.24) is 0 Å². The zero-order valence-electron chi connectivity index (χ0n) is 8.76. The van der Waals surface area contributed by atoms with Gasteiger partial charge in [-0.05, 0) is 19.3 Å². The van der Waals surface area contributed by atoms with Crippen molar-refractivity contribution < 1.29 is 5.11 Å². The predicted octanol–water partition coefficient (Wildman–Crippen LogP) is 2.76. The molecule has 0 aliphatic heterocycles. The zero-order chi connectivity index (χ0) is 10.4. The van der Waals surface area contributed by atoms with Crippen molar-refractivity contribution in [2.24, 2.45) is 10.8 Å². The summed E-state index contributed by atoms with van der Waals surface area (Å²) in [7, 11) is 0. The lowest BCUT2D eigenvalue weighted by Crippen LogP contribution is -2.45. The van der Waals surface area contributed by atoms with E-state index in [9.17, 15) is 5.11 Å². The standard InChI is InChI=1S/C14H16O/c15-12-5-10-13-6-1-3-8-14(13,11-12)9-4-2-7-13/h1-6,8,10,12,15H,7,9,11H2. The lowest BCUT2D eigenvalue weighted by molar-refractivity contribution is 0.0774. The molecule has 1 heteroatoms. The van der Waals surface area contributed by atoms with Gasteiger partial charge in [-0.3, -0.25) is 0 Å². The van der Waals surface area contributed by atoms with Gasteiger partial charge in [-0.1, -0.05) is 48.6 Å². The first-order valence-corrected chi connectivity index (χ1v) is 5.66. The summed E-state index contributed by atoms with van der Waals surface area (Å²) in [5.41, 5.74) is 0.264. The fraction of sp³-hybridized carbons (Fsp3) is 0.429. The quantitative estimate of drug-likeness (QED) is 0.596. The van der Waals surface area contributed by atoms with Crippen LogP contribution in [0.3, 0.4) is 0 Å². The molecular weight excluding hydrogens is 184 g/mol. The third kappa shape index (κ3) is 1.13. The first-order valence-electron chi connectivity index (χ1n) is 5.66. The summed E-state index contributed by atoms with van der Waals surface area (Å²) in [6.07, 6.45) is 20.3. The Bertz CT molecular complexity index is 388. The summed E-state index contributed by atoms with van der Waals surface area (Å²) in [5.74, 6) is 0. The molecule has 3 aliphatic rings.